The molecule has 20 heavy (non-hydrogen) atoms. The maximum absolute atomic E-state index is 9.63. The van der Waals surface area contributed by atoms with Crippen molar-refractivity contribution in [3.63, 3.8) is 0 Å². The quantitative estimate of drug-likeness (QED) is 0.864. The van der Waals surface area contributed by atoms with E-state index in [0.29, 0.717) is 13.1 Å². The molecule has 4 nitrogen and oxygen atoms in total. The third-order valence-electron chi connectivity index (χ3n) is 4.06. The average Bonchev–Trinajstić information content (AvgIpc) is 2.39. The summed E-state index contributed by atoms with van der Waals surface area (Å²) in [6.45, 7) is 11.6. The lowest BCUT2D eigenvalue weighted by Gasteiger charge is -2.38. The van der Waals surface area contributed by atoms with E-state index in [4.69, 9.17) is 5.73 Å². The zero-order valence-corrected chi connectivity index (χ0v) is 12.9. The van der Waals surface area contributed by atoms with Crippen molar-refractivity contribution in [2.75, 3.05) is 44.2 Å². The van der Waals surface area contributed by atoms with E-state index in [1.54, 1.807) is 0 Å². The number of β-amino-alcohol motifs (C(OH)–C–C–N with tert-alkyl or cyclic N) is 1. The Morgan fingerprint density at radius 2 is 1.65 bits per heavy atom. The number of rotatable bonds is 4. The molecule has 112 valence electrons. The SMILES string of the molecule is Cc1cc(C)c(N2CCN(CC(O)CN)CC2)c(C)c1. The van der Waals surface area contributed by atoms with E-state index >= 15 is 0 Å². The average molecular weight is 277 g/mol. The van der Waals surface area contributed by atoms with Crippen molar-refractivity contribution < 1.29 is 5.11 Å². The largest absolute Gasteiger partial charge is 0.390 e. The molecule has 1 aliphatic heterocycles. The third kappa shape index (κ3) is 3.51. The molecule has 1 aromatic rings. The van der Waals surface area contributed by atoms with Gasteiger partial charge in [0.2, 0.25) is 0 Å². The highest BCUT2D eigenvalue weighted by Crippen LogP contribution is 2.27. The van der Waals surface area contributed by atoms with E-state index in [1.807, 2.05) is 0 Å². The van der Waals surface area contributed by atoms with Crippen LogP contribution in [0.2, 0.25) is 0 Å². The summed E-state index contributed by atoms with van der Waals surface area (Å²) in [6, 6.07) is 4.51. The molecular weight excluding hydrogens is 250 g/mol. The number of nitrogens with zero attached hydrogens (tertiary/aromatic N) is 2. The number of nitrogens with two attached hydrogens (primary N) is 1. The van der Waals surface area contributed by atoms with Gasteiger partial charge in [0.05, 0.1) is 6.10 Å². The maximum atomic E-state index is 9.63. The molecule has 1 unspecified atom stereocenters. The molecule has 0 saturated carbocycles. The van der Waals surface area contributed by atoms with Crippen LogP contribution in [0.1, 0.15) is 16.7 Å². The van der Waals surface area contributed by atoms with Crippen LogP contribution in [0.3, 0.4) is 0 Å². The summed E-state index contributed by atoms with van der Waals surface area (Å²) in [6.07, 6.45) is -0.399. The van der Waals surface area contributed by atoms with Gasteiger partial charge in [-0.25, -0.2) is 0 Å². The number of anilines is 1. The molecule has 3 N–H and O–H groups in total. The highest BCUT2D eigenvalue weighted by Gasteiger charge is 2.21. The fraction of sp³-hybridized carbons (Fsp3) is 0.625. The second-order valence-electron chi connectivity index (χ2n) is 5.92. The van der Waals surface area contributed by atoms with Crippen molar-refractivity contribution in [3.8, 4) is 0 Å². The lowest BCUT2D eigenvalue weighted by atomic mass is 10.0. The van der Waals surface area contributed by atoms with Crippen LogP contribution < -0.4 is 10.6 Å². The van der Waals surface area contributed by atoms with Crippen LogP contribution in [0.15, 0.2) is 12.1 Å². The Bertz CT molecular complexity index is 430. The van der Waals surface area contributed by atoms with E-state index in [1.165, 1.54) is 22.4 Å². The van der Waals surface area contributed by atoms with Crippen LogP contribution in [0.5, 0.6) is 0 Å². The molecule has 0 spiro atoms. The number of aliphatic hydroxyl groups is 1. The van der Waals surface area contributed by atoms with Crippen molar-refractivity contribution in [3.05, 3.63) is 28.8 Å². The summed E-state index contributed by atoms with van der Waals surface area (Å²) in [5.74, 6) is 0. The van der Waals surface area contributed by atoms with Gasteiger partial charge in [-0.05, 0) is 31.9 Å². The van der Waals surface area contributed by atoms with Crippen LogP contribution >= 0.6 is 0 Å². The monoisotopic (exact) mass is 277 g/mol. The molecule has 1 atom stereocenters. The van der Waals surface area contributed by atoms with Gasteiger partial charge in [0.1, 0.15) is 0 Å². The first-order chi connectivity index (χ1) is 9.51. The molecular formula is C16H27N3O. The summed E-state index contributed by atoms with van der Waals surface area (Å²) >= 11 is 0. The third-order valence-corrected chi connectivity index (χ3v) is 4.06. The second-order valence-corrected chi connectivity index (χ2v) is 5.92. The first-order valence-electron chi connectivity index (χ1n) is 7.44. The molecule has 0 aromatic heterocycles. The molecule has 0 bridgehead atoms. The number of aryl methyl sites for hydroxylation is 3. The van der Waals surface area contributed by atoms with Gasteiger partial charge < -0.3 is 15.7 Å². The van der Waals surface area contributed by atoms with Gasteiger partial charge in [-0.15, -0.1) is 0 Å². The number of benzene rings is 1. The summed E-state index contributed by atoms with van der Waals surface area (Å²) in [7, 11) is 0. The van der Waals surface area contributed by atoms with Gasteiger partial charge in [-0.3, -0.25) is 4.90 Å². The molecule has 1 heterocycles. The van der Waals surface area contributed by atoms with Crippen LogP contribution in [-0.4, -0.2) is 55.4 Å². The van der Waals surface area contributed by atoms with Crippen molar-refractivity contribution >= 4 is 5.69 Å². The van der Waals surface area contributed by atoms with Crippen LogP contribution in [0.25, 0.3) is 0 Å². The molecule has 1 saturated heterocycles. The van der Waals surface area contributed by atoms with E-state index in [0.717, 1.165) is 26.2 Å². The minimum Gasteiger partial charge on any atom is -0.390 e. The maximum Gasteiger partial charge on any atom is 0.0789 e. The smallest absolute Gasteiger partial charge is 0.0789 e. The van der Waals surface area contributed by atoms with Crippen molar-refractivity contribution in [2.24, 2.45) is 5.73 Å². The molecule has 1 fully saturated rings. The standard InChI is InChI=1S/C16H27N3O/c1-12-8-13(2)16(14(3)9-12)19-6-4-18(5-7-19)11-15(20)10-17/h8-9,15,20H,4-7,10-11,17H2,1-3H3. The van der Waals surface area contributed by atoms with Gasteiger partial charge in [-0.2, -0.15) is 0 Å². The summed E-state index contributed by atoms with van der Waals surface area (Å²) in [4.78, 5) is 4.77. The predicted molar refractivity (Wildman–Crippen MR) is 84.4 cm³/mol. The number of hydrogen-bond acceptors (Lipinski definition) is 4. The number of aliphatic hydroxyl groups excluding tert-OH is 1. The Labute approximate surface area is 122 Å². The molecule has 2 rings (SSSR count). The van der Waals surface area contributed by atoms with E-state index in [-0.39, 0.29) is 0 Å². The first kappa shape index (κ1) is 15.3. The zero-order valence-electron chi connectivity index (χ0n) is 12.9. The van der Waals surface area contributed by atoms with E-state index in [2.05, 4.69) is 42.7 Å². The first-order valence-corrected chi connectivity index (χ1v) is 7.44. The number of hydrogen-bond donors (Lipinski definition) is 2. The van der Waals surface area contributed by atoms with Crippen molar-refractivity contribution in [1.29, 1.82) is 0 Å². The summed E-state index contributed by atoms with van der Waals surface area (Å²) in [5, 5.41) is 9.63. The van der Waals surface area contributed by atoms with Gasteiger partial charge in [0.25, 0.3) is 0 Å². The number of piperazine rings is 1. The van der Waals surface area contributed by atoms with Crippen LogP contribution in [0, 0.1) is 20.8 Å². The van der Waals surface area contributed by atoms with E-state index in [9.17, 15) is 5.11 Å². The highest BCUT2D eigenvalue weighted by molar-refractivity contribution is 5.60. The van der Waals surface area contributed by atoms with Gasteiger partial charge in [-0.1, -0.05) is 17.7 Å². The van der Waals surface area contributed by atoms with Crippen LogP contribution in [0.4, 0.5) is 5.69 Å². The summed E-state index contributed by atoms with van der Waals surface area (Å²) < 4.78 is 0. The highest BCUT2D eigenvalue weighted by atomic mass is 16.3. The van der Waals surface area contributed by atoms with Crippen molar-refractivity contribution in [1.82, 2.24) is 4.90 Å². The second kappa shape index (κ2) is 6.57. The van der Waals surface area contributed by atoms with Gasteiger partial charge in [0, 0.05) is 45.0 Å². The van der Waals surface area contributed by atoms with Crippen molar-refractivity contribution in [2.45, 2.75) is 26.9 Å². The van der Waals surface area contributed by atoms with E-state index < -0.39 is 6.10 Å². The predicted octanol–water partition coefficient (Wildman–Crippen LogP) is 1.05. The fourth-order valence-corrected chi connectivity index (χ4v) is 3.20. The van der Waals surface area contributed by atoms with Gasteiger partial charge >= 0.3 is 0 Å². The fourth-order valence-electron chi connectivity index (χ4n) is 3.20. The topological polar surface area (TPSA) is 52.7 Å². The Balaban J connectivity index is 2.01. The normalized spacial score (nSPS) is 18.4. The minimum absolute atomic E-state index is 0.344. The Morgan fingerprint density at radius 3 is 2.15 bits per heavy atom. The Morgan fingerprint density at radius 1 is 1.10 bits per heavy atom. The molecule has 1 aromatic carbocycles. The molecule has 1 aliphatic rings. The molecule has 4 heteroatoms. The van der Waals surface area contributed by atoms with Crippen LogP contribution in [-0.2, 0) is 0 Å². The Hall–Kier alpha value is -1.10. The minimum atomic E-state index is -0.399. The molecule has 0 radical (unpaired) electrons. The zero-order chi connectivity index (χ0) is 14.7. The molecule has 0 amide bonds. The Kier molecular flexibility index (Phi) is 5.02. The molecule has 0 aliphatic carbocycles. The lowest BCUT2D eigenvalue weighted by Crippen LogP contribution is -2.49. The summed E-state index contributed by atoms with van der Waals surface area (Å²) in [5.41, 5.74) is 10.9. The lowest BCUT2D eigenvalue weighted by molar-refractivity contribution is 0.115. The van der Waals surface area contributed by atoms with Gasteiger partial charge in [0.15, 0.2) is 0 Å².